The second-order valence-electron chi connectivity index (χ2n) is 7.26. The molecule has 3 N–H and O–H groups in total. The Kier molecular flexibility index (Phi) is 5.10. The van der Waals surface area contributed by atoms with E-state index in [-0.39, 0.29) is 5.75 Å². The minimum atomic E-state index is -2.85. The van der Waals surface area contributed by atoms with Crippen LogP contribution >= 0.6 is 11.3 Å². The number of aromatic nitrogens is 1. The molecular weight excluding hydrogens is 432 g/mol. The van der Waals surface area contributed by atoms with Gasteiger partial charge in [0.2, 0.25) is 0 Å². The molecular formula is C23H19F2N5OS. The summed E-state index contributed by atoms with van der Waals surface area (Å²) in [5.74, 6) is 1.33. The van der Waals surface area contributed by atoms with E-state index >= 15 is 0 Å². The normalized spacial score (nSPS) is 13.2. The number of aryl methyl sites for hydroxylation is 1. The van der Waals surface area contributed by atoms with Crippen molar-refractivity contribution in [3.8, 4) is 5.75 Å². The maximum Gasteiger partial charge on any atom is 0.387 e. The number of rotatable bonds is 5. The summed E-state index contributed by atoms with van der Waals surface area (Å²) in [4.78, 5) is 12.1. The van der Waals surface area contributed by atoms with Gasteiger partial charge in [-0.25, -0.2) is 9.98 Å². The highest BCUT2D eigenvalue weighted by molar-refractivity contribution is 7.12. The van der Waals surface area contributed by atoms with Crippen LogP contribution in [0.1, 0.15) is 10.4 Å². The molecule has 1 aliphatic rings. The van der Waals surface area contributed by atoms with Crippen LogP contribution in [0.2, 0.25) is 0 Å². The number of nitrogens with two attached hydrogens (primary N) is 1. The zero-order valence-electron chi connectivity index (χ0n) is 17.0. The molecule has 162 valence electrons. The Morgan fingerprint density at radius 2 is 1.91 bits per heavy atom. The average molecular weight is 452 g/mol. The van der Waals surface area contributed by atoms with Gasteiger partial charge in [0.05, 0.1) is 16.3 Å². The minimum absolute atomic E-state index is 0.103. The third-order valence-electron chi connectivity index (χ3n) is 5.28. The van der Waals surface area contributed by atoms with Crippen molar-refractivity contribution in [3.63, 3.8) is 0 Å². The number of thiophene rings is 1. The monoisotopic (exact) mass is 451 g/mol. The maximum atomic E-state index is 12.4. The van der Waals surface area contributed by atoms with E-state index in [2.05, 4.69) is 44.0 Å². The van der Waals surface area contributed by atoms with Crippen LogP contribution < -0.4 is 20.7 Å². The van der Waals surface area contributed by atoms with Gasteiger partial charge in [-0.05, 0) is 54.3 Å². The van der Waals surface area contributed by atoms with Crippen molar-refractivity contribution >= 4 is 50.8 Å². The molecule has 2 aromatic heterocycles. The number of ether oxygens (including phenoxy) is 1. The van der Waals surface area contributed by atoms with Gasteiger partial charge in [-0.2, -0.15) is 8.78 Å². The summed E-state index contributed by atoms with van der Waals surface area (Å²) in [5, 5.41) is 7.25. The molecule has 0 atom stereocenters. The predicted octanol–water partition coefficient (Wildman–Crippen LogP) is 5.76. The van der Waals surface area contributed by atoms with E-state index in [0.717, 1.165) is 32.6 Å². The number of nitrogens with zero attached hydrogens (tertiary/aromatic N) is 3. The number of pyridine rings is 1. The molecule has 0 saturated heterocycles. The molecule has 5 rings (SSSR count). The maximum absolute atomic E-state index is 12.4. The van der Waals surface area contributed by atoms with Crippen LogP contribution in [0.15, 0.2) is 65.1 Å². The fourth-order valence-electron chi connectivity index (χ4n) is 3.86. The summed E-state index contributed by atoms with van der Waals surface area (Å²) in [6.45, 7) is -0.349. The standard InChI is InChI=1S/C23H19F2N5OS/c1-13-2-7-17-16(19(13)30-12-28-21(26)20-18(30)9-11-32-20)8-10-27-22(17)29-14-3-5-15(6-4-14)31-23(24)25/h2-11,23H,12H2,1H3,(H2,26,28)(H,27,29). The quantitative estimate of drug-likeness (QED) is 0.403. The lowest BCUT2D eigenvalue weighted by molar-refractivity contribution is -0.0498. The van der Waals surface area contributed by atoms with E-state index in [1.807, 2.05) is 17.5 Å². The summed E-state index contributed by atoms with van der Waals surface area (Å²) in [6.07, 6.45) is 1.75. The fraction of sp³-hybridized carbons (Fsp3) is 0.130. The number of fused-ring (bicyclic) bond motifs is 2. The van der Waals surface area contributed by atoms with Crippen LogP contribution in [-0.2, 0) is 0 Å². The number of nitrogens with one attached hydrogen (secondary N) is 1. The Balaban J connectivity index is 1.54. The second-order valence-corrected chi connectivity index (χ2v) is 8.18. The number of halogens is 2. The van der Waals surface area contributed by atoms with E-state index in [9.17, 15) is 8.78 Å². The zero-order chi connectivity index (χ0) is 22.2. The summed E-state index contributed by atoms with van der Waals surface area (Å²) >= 11 is 1.57. The molecule has 0 bridgehead atoms. The molecule has 0 saturated carbocycles. The van der Waals surface area contributed by atoms with Crippen molar-refractivity contribution < 1.29 is 13.5 Å². The SMILES string of the molecule is Cc1ccc2c(Nc3ccc(OC(F)F)cc3)nccc2c1N1CN=C(N)c2sccc21. The summed E-state index contributed by atoms with van der Waals surface area (Å²) in [7, 11) is 0. The summed E-state index contributed by atoms with van der Waals surface area (Å²) < 4.78 is 29.2. The molecule has 3 heterocycles. The van der Waals surface area contributed by atoms with E-state index in [0.29, 0.717) is 24.0 Å². The van der Waals surface area contributed by atoms with Crippen molar-refractivity contribution in [1.29, 1.82) is 0 Å². The molecule has 0 aliphatic carbocycles. The highest BCUT2D eigenvalue weighted by Gasteiger charge is 2.24. The molecule has 0 fully saturated rings. The molecule has 9 heteroatoms. The molecule has 2 aromatic carbocycles. The van der Waals surface area contributed by atoms with Crippen molar-refractivity contribution in [2.75, 3.05) is 16.9 Å². The van der Waals surface area contributed by atoms with Crippen LogP contribution in [0.3, 0.4) is 0 Å². The third kappa shape index (κ3) is 3.60. The predicted molar refractivity (Wildman–Crippen MR) is 125 cm³/mol. The van der Waals surface area contributed by atoms with Gasteiger partial charge in [0, 0.05) is 22.7 Å². The number of anilines is 4. The number of hydrogen-bond donors (Lipinski definition) is 2. The molecule has 1 aliphatic heterocycles. The molecule has 4 aromatic rings. The van der Waals surface area contributed by atoms with Crippen LogP contribution in [-0.4, -0.2) is 24.1 Å². The molecule has 6 nitrogen and oxygen atoms in total. The lowest BCUT2D eigenvalue weighted by Crippen LogP contribution is -2.28. The summed E-state index contributed by atoms with van der Waals surface area (Å²) in [5.41, 5.74) is 10.00. The highest BCUT2D eigenvalue weighted by atomic mass is 32.1. The fourth-order valence-corrected chi connectivity index (χ4v) is 4.67. The minimum Gasteiger partial charge on any atom is -0.435 e. The van der Waals surface area contributed by atoms with E-state index < -0.39 is 6.61 Å². The first-order chi connectivity index (χ1) is 15.5. The number of amidine groups is 1. The van der Waals surface area contributed by atoms with Crippen molar-refractivity contribution in [2.45, 2.75) is 13.5 Å². The van der Waals surface area contributed by atoms with Gasteiger partial charge >= 0.3 is 6.61 Å². The van der Waals surface area contributed by atoms with Crippen LogP contribution in [0.25, 0.3) is 10.8 Å². The Morgan fingerprint density at radius 1 is 1.09 bits per heavy atom. The van der Waals surface area contributed by atoms with Crippen molar-refractivity contribution in [1.82, 2.24) is 4.98 Å². The smallest absolute Gasteiger partial charge is 0.387 e. The lowest BCUT2D eigenvalue weighted by atomic mass is 10.0. The van der Waals surface area contributed by atoms with E-state index in [1.54, 1.807) is 29.7 Å². The third-order valence-corrected chi connectivity index (χ3v) is 6.21. The van der Waals surface area contributed by atoms with Gasteiger partial charge in [0.15, 0.2) is 0 Å². The molecule has 32 heavy (non-hydrogen) atoms. The first kappa shape index (κ1) is 20.2. The van der Waals surface area contributed by atoms with Gasteiger partial charge < -0.3 is 20.7 Å². The zero-order valence-corrected chi connectivity index (χ0v) is 17.9. The largest absolute Gasteiger partial charge is 0.435 e. The number of benzene rings is 2. The molecule has 0 amide bonds. The summed E-state index contributed by atoms with van der Waals surface area (Å²) in [6, 6.07) is 14.4. The van der Waals surface area contributed by atoms with Crippen LogP contribution in [0.5, 0.6) is 5.75 Å². The molecule has 0 spiro atoms. The van der Waals surface area contributed by atoms with E-state index in [1.165, 1.54) is 12.1 Å². The Morgan fingerprint density at radius 3 is 2.69 bits per heavy atom. The second kappa shape index (κ2) is 8.08. The Hall–Kier alpha value is -3.72. The van der Waals surface area contributed by atoms with Gasteiger partial charge in [-0.3, -0.25) is 0 Å². The lowest BCUT2D eigenvalue weighted by Gasteiger charge is -2.29. The van der Waals surface area contributed by atoms with Crippen LogP contribution in [0.4, 0.5) is 31.7 Å². The molecule has 0 radical (unpaired) electrons. The van der Waals surface area contributed by atoms with Gasteiger partial charge in [-0.1, -0.05) is 12.1 Å². The average Bonchev–Trinajstić information content (AvgIpc) is 3.27. The van der Waals surface area contributed by atoms with Gasteiger partial charge in [0.1, 0.15) is 24.1 Å². The number of alkyl halides is 2. The van der Waals surface area contributed by atoms with Crippen LogP contribution in [0, 0.1) is 6.92 Å². The van der Waals surface area contributed by atoms with Gasteiger partial charge in [0.25, 0.3) is 0 Å². The first-order valence-electron chi connectivity index (χ1n) is 9.87. The van der Waals surface area contributed by atoms with Crippen molar-refractivity contribution in [3.05, 3.63) is 70.5 Å². The highest BCUT2D eigenvalue weighted by Crippen LogP contribution is 2.41. The Labute approximate surface area is 187 Å². The topological polar surface area (TPSA) is 75.8 Å². The Bertz CT molecular complexity index is 1320. The molecule has 0 unspecified atom stereocenters. The first-order valence-corrected chi connectivity index (χ1v) is 10.7. The van der Waals surface area contributed by atoms with Gasteiger partial charge in [-0.15, -0.1) is 11.3 Å². The number of hydrogen-bond acceptors (Lipinski definition) is 7. The van der Waals surface area contributed by atoms with E-state index in [4.69, 9.17) is 5.73 Å². The number of aliphatic imine (C=N–C) groups is 1. The van der Waals surface area contributed by atoms with Crippen molar-refractivity contribution in [2.24, 2.45) is 10.7 Å².